The van der Waals surface area contributed by atoms with Gasteiger partial charge in [0.25, 0.3) is 5.91 Å². The van der Waals surface area contributed by atoms with E-state index in [0.29, 0.717) is 4.47 Å². The average Bonchev–Trinajstić information content (AvgIpc) is 2.43. The summed E-state index contributed by atoms with van der Waals surface area (Å²) < 4.78 is 27.5. The molecule has 21 heavy (non-hydrogen) atoms. The Bertz CT molecular complexity index is 693. The molecule has 0 radical (unpaired) electrons. The van der Waals surface area contributed by atoms with Gasteiger partial charge in [-0.15, -0.1) is 0 Å². The summed E-state index contributed by atoms with van der Waals surface area (Å²) in [6.45, 7) is 1.57. The molecule has 2 aromatic rings. The quantitative estimate of drug-likeness (QED) is 0.816. The van der Waals surface area contributed by atoms with E-state index in [-0.39, 0.29) is 16.1 Å². The first-order chi connectivity index (χ1) is 9.88. The zero-order valence-electron chi connectivity index (χ0n) is 11.0. The number of rotatable bonds is 3. The lowest BCUT2D eigenvalue weighted by molar-refractivity contribution is 0.0939. The molecule has 1 N–H and O–H groups in total. The first-order valence-corrected chi connectivity index (χ1v) is 7.26. The number of amides is 1. The number of carbonyl (C=O) groups excluding carboxylic acids is 1. The second-order valence-electron chi connectivity index (χ2n) is 4.49. The number of halogens is 4. The van der Waals surface area contributed by atoms with E-state index in [9.17, 15) is 13.6 Å². The molecule has 2 aromatic carbocycles. The van der Waals surface area contributed by atoms with E-state index in [1.165, 1.54) is 0 Å². The Morgan fingerprint density at radius 2 is 1.95 bits per heavy atom. The van der Waals surface area contributed by atoms with Gasteiger partial charge in [0.1, 0.15) is 11.6 Å². The Labute approximate surface area is 134 Å². The fourth-order valence-corrected chi connectivity index (χ4v) is 2.43. The third-order valence-corrected chi connectivity index (χ3v) is 3.77. The van der Waals surface area contributed by atoms with Crippen molar-refractivity contribution >= 4 is 33.4 Å². The zero-order chi connectivity index (χ0) is 15.6. The molecule has 1 unspecified atom stereocenters. The van der Waals surface area contributed by atoms with Gasteiger partial charge in [-0.1, -0.05) is 27.5 Å². The van der Waals surface area contributed by atoms with E-state index in [0.717, 1.165) is 18.2 Å². The van der Waals surface area contributed by atoms with Crippen LogP contribution in [0.15, 0.2) is 40.9 Å². The van der Waals surface area contributed by atoms with Crippen LogP contribution in [0.2, 0.25) is 5.02 Å². The van der Waals surface area contributed by atoms with Gasteiger partial charge in [-0.25, -0.2) is 8.78 Å². The normalized spacial score (nSPS) is 12.0. The first kappa shape index (κ1) is 15.9. The van der Waals surface area contributed by atoms with E-state index in [1.54, 1.807) is 25.1 Å². The van der Waals surface area contributed by atoms with Crippen molar-refractivity contribution in [2.24, 2.45) is 0 Å². The number of nitrogens with one attached hydrogen (secondary N) is 1. The molecule has 0 spiro atoms. The molecule has 0 saturated heterocycles. The van der Waals surface area contributed by atoms with E-state index in [4.69, 9.17) is 11.6 Å². The highest BCUT2D eigenvalue weighted by molar-refractivity contribution is 9.10. The van der Waals surface area contributed by atoms with Crippen LogP contribution < -0.4 is 5.32 Å². The Kier molecular flexibility index (Phi) is 4.96. The fraction of sp³-hybridized carbons (Fsp3) is 0.133. The molecule has 110 valence electrons. The smallest absolute Gasteiger partial charge is 0.253 e. The minimum atomic E-state index is -0.691. The second kappa shape index (κ2) is 6.54. The van der Waals surface area contributed by atoms with Gasteiger partial charge in [-0.05, 0) is 43.3 Å². The average molecular weight is 375 g/mol. The van der Waals surface area contributed by atoms with Crippen molar-refractivity contribution in [2.45, 2.75) is 13.0 Å². The third-order valence-electron chi connectivity index (χ3n) is 2.95. The molecule has 1 amide bonds. The van der Waals surface area contributed by atoms with Crippen LogP contribution in [0.5, 0.6) is 0 Å². The third kappa shape index (κ3) is 3.80. The SMILES string of the molecule is CC(NC(=O)c1cc(Br)ccc1Cl)c1cc(F)ccc1F. The molecule has 0 aliphatic carbocycles. The van der Waals surface area contributed by atoms with Crippen molar-refractivity contribution in [2.75, 3.05) is 0 Å². The standard InChI is InChI=1S/C15H11BrClF2NO/c1-8(11-7-10(18)3-5-14(11)19)20-15(21)12-6-9(16)2-4-13(12)17/h2-8H,1H3,(H,20,21). The van der Waals surface area contributed by atoms with Gasteiger partial charge < -0.3 is 5.32 Å². The summed E-state index contributed by atoms with van der Waals surface area (Å²) in [5.74, 6) is -1.60. The van der Waals surface area contributed by atoms with Gasteiger partial charge in [-0.2, -0.15) is 0 Å². The van der Waals surface area contributed by atoms with Crippen molar-refractivity contribution < 1.29 is 13.6 Å². The molecule has 0 heterocycles. The lowest BCUT2D eigenvalue weighted by Crippen LogP contribution is -2.27. The topological polar surface area (TPSA) is 29.1 Å². The summed E-state index contributed by atoms with van der Waals surface area (Å²) in [6.07, 6.45) is 0. The van der Waals surface area contributed by atoms with Crippen LogP contribution in [0.1, 0.15) is 28.9 Å². The molecule has 0 fully saturated rings. The van der Waals surface area contributed by atoms with Crippen molar-refractivity contribution in [3.63, 3.8) is 0 Å². The highest BCUT2D eigenvalue weighted by Gasteiger charge is 2.17. The molecule has 0 aliphatic heterocycles. The minimum Gasteiger partial charge on any atom is -0.345 e. The number of hydrogen-bond donors (Lipinski definition) is 1. The van der Waals surface area contributed by atoms with Gasteiger partial charge in [-0.3, -0.25) is 4.79 Å². The van der Waals surface area contributed by atoms with E-state index < -0.39 is 23.6 Å². The van der Waals surface area contributed by atoms with Gasteiger partial charge in [0, 0.05) is 10.0 Å². The maximum absolute atomic E-state index is 13.7. The maximum Gasteiger partial charge on any atom is 0.253 e. The lowest BCUT2D eigenvalue weighted by atomic mass is 10.1. The molecule has 0 saturated carbocycles. The largest absolute Gasteiger partial charge is 0.345 e. The molecule has 0 aromatic heterocycles. The van der Waals surface area contributed by atoms with E-state index >= 15 is 0 Å². The molecular formula is C15H11BrClF2NO. The Morgan fingerprint density at radius 1 is 1.24 bits per heavy atom. The second-order valence-corrected chi connectivity index (χ2v) is 5.81. The summed E-state index contributed by atoms with van der Waals surface area (Å²) in [5.41, 5.74) is 0.337. The van der Waals surface area contributed by atoms with Crippen LogP contribution in [0.4, 0.5) is 8.78 Å². The van der Waals surface area contributed by atoms with Crippen molar-refractivity contribution in [1.82, 2.24) is 5.32 Å². The summed E-state index contributed by atoms with van der Waals surface area (Å²) >= 11 is 9.21. The van der Waals surface area contributed by atoms with Gasteiger partial charge in [0.05, 0.1) is 16.6 Å². The van der Waals surface area contributed by atoms with Crippen molar-refractivity contribution in [3.8, 4) is 0 Å². The van der Waals surface area contributed by atoms with Crippen LogP contribution in [-0.4, -0.2) is 5.91 Å². The fourth-order valence-electron chi connectivity index (χ4n) is 1.87. The zero-order valence-corrected chi connectivity index (χ0v) is 13.3. The summed E-state index contributed by atoms with van der Waals surface area (Å²) in [7, 11) is 0. The van der Waals surface area contributed by atoms with Crippen molar-refractivity contribution in [3.05, 3.63) is 68.7 Å². The Morgan fingerprint density at radius 3 is 2.67 bits per heavy atom. The Hall–Kier alpha value is -1.46. The number of hydrogen-bond acceptors (Lipinski definition) is 1. The number of carbonyl (C=O) groups is 1. The molecule has 1 atom stereocenters. The van der Waals surface area contributed by atoms with Crippen LogP contribution in [0.3, 0.4) is 0 Å². The Balaban J connectivity index is 2.23. The molecule has 6 heteroatoms. The monoisotopic (exact) mass is 373 g/mol. The summed E-state index contributed by atoms with van der Waals surface area (Å²) in [4.78, 5) is 12.2. The van der Waals surface area contributed by atoms with Gasteiger partial charge in [0.15, 0.2) is 0 Å². The molecule has 0 bridgehead atoms. The van der Waals surface area contributed by atoms with Gasteiger partial charge in [0.2, 0.25) is 0 Å². The lowest BCUT2D eigenvalue weighted by Gasteiger charge is -2.16. The van der Waals surface area contributed by atoms with Gasteiger partial charge >= 0.3 is 0 Å². The van der Waals surface area contributed by atoms with E-state index in [1.807, 2.05) is 0 Å². The van der Waals surface area contributed by atoms with E-state index in [2.05, 4.69) is 21.2 Å². The summed E-state index contributed by atoms with van der Waals surface area (Å²) in [5, 5.41) is 2.88. The molecular weight excluding hydrogens is 364 g/mol. The predicted molar refractivity (Wildman–Crippen MR) is 81.4 cm³/mol. The van der Waals surface area contributed by atoms with Crippen LogP contribution in [-0.2, 0) is 0 Å². The van der Waals surface area contributed by atoms with Crippen LogP contribution >= 0.6 is 27.5 Å². The first-order valence-electron chi connectivity index (χ1n) is 6.09. The summed E-state index contributed by atoms with van der Waals surface area (Å²) in [6, 6.07) is 7.26. The van der Waals surface area contributed by atoms with Crippen LogP contribution in [0.25, 0.3) is 0 Å². The molecule has 2 rings (SSSR count). The predicted octanol–water partition coefficient (Wildman–Crippen LogP) is 4.87. The number of benzene rings is 2. The highest BCUT2D eigenvalue weighted by Crippen LogP contribution is 2.23. The molecule has 2 nitrogen and oxygen atoms in total. The van der Waals surface area contributed by atoms with Crippen LogP contribution in [0, 0.1) is 11.6 Å². The minimum absolute atomic E-state index is 0.0782. The highest BCUT2D eigenvalue weighted by atomic mass is 79.9. The maximum atomic E-state index is 13.7. The molecule has 0 aliphatic rings. The van der Waals surface area contributed by atoms with Crippen molar-refractivity contribution in [1.29, 1.82) is 0 Å².